The summed E-state index contributed by atoms with van der Waals surface area (Å²) in [4.78, 5) is 19.7. The van der Waals surface area contributed by atoms with Crippen LogP contribution in [0.4, 0.5) is 0 Å². The Kier molecular flexibility index (Phi) is 3.66. The molecular weight excluding hydrogens is 156 g/mol. The standard InChI is InChI=1S/C5H8O6/c6-1-2(7)3(8)4(9)5(10)11/h1-4,7-9H,(H,10,11)/t2-,3+,4+/m1/s1. The first-order chi connectivity index (χ1) is 5.00. The van der Waals surface area contributed by atoms with Crippen LogP contribution in [0.2, 0.25) is 0 Å². The zero-order valence-corrected chi connectivity index (χ0v) is 5.41. The number of aliphatic hydroxyl groups excluding tert-OH is 3. The molecule has 0 radical (unpaired) electrons. The molecule has 0 fully saturated rings. The van der Waals surface area contributed by atoms with E-state index >= 15 is 0 Å². The third-order valence-electron chi connectivity index (χ3n) is 1.07. The minimum atomic E-state index is -2.14. The van der Waals surface area contributed by atoms with E-state index in [0.29, 0.717) is 0 Å². The highest BCUT2D eigenvalue weighted by atomic mass is 16.4. The second-order valence-corrected chi connectivity index (χ2v) is 1.90. The molecule has 0 heterocycles. The Balaban J connectivity index is 4.11. The van der Waals surface area contributed by atoms with Gasteiger partial charge in [-0.1, -0.05) is 0 Å². The van der Waals surface area contributed by atoms with Crippen molar-refractivity contribution >= 4 is 12.3 Å². The van der Waals surface area contributed by atoms with Crippen LogP contribution >= 0.6 is 0 Å². The van der Waals surface area contributed by atoms with Gasteiger partial charge in [-0.25, -0.2) is 4.79 Å². The van der Waals surface area contributed by atoms with Crippen molar-refractivity contribution in [2.45, 2.75) is 18.3 Å². The summed E-state index contributed by atoms with van der Waals surface area (Å²) in [6.07, 6.45) is -6.06. The summed E-state index contributed by atoms with van der Waals surface area (Å²) in [7, 11) is 0. The molecule has 0 aliphatic carbocycles. The van der Waals surface area contributed by atoms with Gasteiger partial charge in [0.15, 0.2) is 12.4 Å². The van der Waals surface area contributed by atoms with Gasteiger partial charge in [0.2, 0.25) is 0 Å². The van der Waals surface area contributed by atoms with Crippen LogP contribution in [0.25, 0.3) is 0 Å². The number of rotatable bonds is 4. The second kappa shape index (κ2) is 4.02. The van der Waals surface area contributed by atoms with Gasteiger partial charge in [0, 0.05) is 0 Å². The number of hydrogen-bond acceptors (Lipinski definition) is 5. The molecule has 11 heavy (non-hydrogen) atoms. The molecule has 0 aromatic rings. The van der Waals surface area contributed by atoms with Crippen LogP contribution < -0.4 is 0 Å². The summed E-state index contributed by atoms with van der Waals surface area (Å²) in [5.41, 5.74) is 0. The van der Waals surface area contributed by atoms with Crippen LogP contribution in [0.15, 0.2) is 0 Å². The Bertz CT molecular complexity index is 155. The summed E-state index contributed by atoms with van der Waals surface area (Å²) >= 11 is 0. The average molecular weight is 164 g/mol. The van der Waals surface area contributed by atoms with Crippen molar-refractivity contribution in [3.05, 3.63) is 0 Å². The predicted molar refractivity (Wildman–Crippen MR) is 31.7 cm³/mol. The Morgan fingerprint density at radius 2 is 1.73 bits per heavy atom. The second-order valence-electron chi connectivity index (χ2n) is 1.90. The molecule has 4 N–H and O–H groups in total. The Morgan fingerprint density at radius 1 is 1.27 bits per heavy atom. The summed E-state index contributed by atoms with van der Waals surface area (Å²) in [5.74, 6) is -1.70. The quantitative estimate of drug-likeness (QED) is 0.337. The molecule has 0 unspecified atom stereocenters. The fourth-order valence-electron chi connectivity index (χ4n) is 0.413. The third kappa shape index (κ3) is 2.62. The van der Waals surface area contributed by atoms with Gasteiger partial charge in [-0.2, -0.15) is 0 Å². The van der Waals surface area contributed by atoms with Crippen molar-refractivity contribution in [3.8, 4) is 0 Å². The van der Waals surface area contributed by atoms with E-state index in [4.69, 9.17) is 20.4 Å². The lowest BCUT2D eigenvalue weighted by Gasteiger charge is -2.14. The molecule has 0 aliphatic heterocycles. The van der Waals surface area contributed by atoms with Gasteiger partial charge in [-0.3, -0.25) is 0 Å². The number of hydrogen-bond donors (Lipinski definition) is 4. The highest BCUT2D eigenvalue weighted by molar-refractivity contribution is 5.74. The van der Waals surface area contributed by atoms with E-state index < -0.39 is 24.3 Å². The average Bonchev–Trinajstić information content (AvgIpc) is 2.00. The van der Waals surface area contributed by atoms with Gasteiger partial charge in [0.05, 0.1) is 0 Å². The number of carbonyl (C=O) groups excluding carboxylic acids is 1. The molecule has 64 valence electrons. The molecular formula is C5H8O6. The van der Waals surface area contributed by atoms with Crippen molar-refractivity contribution in [2.75, 3.05) is 0 Å². The zero-order chi connectivity index (χ0) is 9.02. The van der Waals surface area contributed by atoms with Crippen LogP contribution in [0.1, 0.15) is 0 Å². The number of carboxylic acid groups (broad SMARTS) is 1. The van der Waals surface area contributed by atoms with Crippen molar-refractivity contribution < 1.29 is 30.0 Å². The molecule has 0 spiro atoms. The molecule has 0 bridgehead atoms. The summed E-state index contributed by atoms with van der Waals surface area (Å²) in [5, 5.41) is 33.7. The maximum absolute atomic E-state index is 9.92. The van der Waals surface area contributed by atoms with Gasteiger partial charge in [-0.05, 0) is 0 Å². The minimum absolute atomic E-state index is 0.0587. The van der Waals surface area contributed by atoms with Crippen LogP contribution in [-0.4, -0.2) is 51.0 Å². The smallest absolute Gasteiger partial charge is 0.335 e. The van der Waals surface area contributed by atoms with Crippen molar-refractivity contribution in [1.82, 2.24) is 0 Å². The Hall–Kier alpha value is -0.980. The van der Waals surface area contributed by atoms with Crippen molar-refractivity contribution in [2.24, 2.45) is 0 Å². The van der Waals surface area contributed by atoms with Gasteiger partial charge in [0.1, 0.15) is 12.2 Å². The summed E-state index contributed by atoms with van der Waals surface area (Å²) < 4.78 is 0. The number of aldehydes is 1. The monoisotopic (exact) mass is 164 g/mol. The first-order valence-electron chi connectivity index (χ1n) is 2.73. The van der Waals surface area contributed by atoms with E-state index in [2.05, 4.69) is 0 Å². The Labute approximate surface area is 61.7 Å². The van der Waals surface area contributed by atoms with Crippen LogP contribution in [0.3, 0.4) is 0 Å². The summed E-state index contributed by atoms with van der Waals surface area (Å²) in [6.45, 7) is 0. The SMILES string of the molecule is O=C[C@@H](O)[C@H](O)[C@H](O)C(=O)O. The van der Waals surface area contributed by atoms with E-state index in [1.807, 2.05) is 0 Å². The fraction of sp³-hybridized carbons (Fsp3) is 0.600. The van der Waals surface area contributed by atoms with E-state index in [1.165, 1.54) is 0 Å². The number of carbonyl (C=O) groups is 2. The molecule has 6 heteroatoms. The molecule has 0 aliphatic rings. The number of aliphatic carboxylic acids is 1. The molecule has 0 aromatic heterocycles. The van der Waals surface area contributed by atoms with Gasteiger partial charge < -0.3 is 25.2 Å². The van der Waals surface area contributed by atoms with E-state index in [-0.39, 0.29) is 6.29 Å². The summed E-state index contributed by atoms with van der Waals surface area (Å²) in [6, 6.07) is 0. The van der Waals surface area contributed by atoms with Gasteiger partial charge in [-0.15, -0.1) is 0 Å². The normalized spacial score (nSPS) is 18.5. The first kappa shape index (κ1) is 10.0. The maximum Gasteiger partial charge on any atom is 0.335 e. The zero-order valence-electron chi connectivity index (χ0n) is 5.41. The fourth-order valence-corrected chi connectivity index (χ4v) is 0.413. The predicted octanol–water partition coefficient (Wildman–Crippen LogP) is -2.65. The van der Waals surface area contributed by atoms with Crippen molar-refractivity contribution in [1.29, 1.82) is 0 Å². The van der Waals surface area contributed by atoms with Gasteiger partial charge >= 0.3 is 5.97 Å². The molecule has 0 rings (SSSR count). The van der Waals surface area contributed by atoms with Crippen LogP contribution in [-0.2, 0) is 9.59 Å². The topological polar surface area (TPSA) is 115 Å². The lowest BCUT2D eigenvalue weighted by Crippen LogP contribution is -2.42. The van der Waals surface area contributed by atoms with Crippen LogP contribution in [0, 0.1) is 0 Å². The molecule has 0 saturated heterocycles. The van der Waals surface area contributed by atoms with E-state index in [9.17, 15) is 9.59 Å². The Morgan fingerprint density at radius 3 is 2.00 bits per heavy atom. The maximum atomic E-state index is 9.92. The first-order valence-corrected chi connectivity index (χ1v) is 2.73. The highest BCUT2D eigenvalue weighted by Crippen LogP contribution is 1.97. The van der Waals surface area contributed by atoms with E-state index in [0.717, 1.165) is 0 Å². The van der Waals surface area contributed by atoms with E-state index in [1.54, 1.807) is 0 Å². The highest BCUT2D eigenvalue weighted by Gasteiger charge is 2.29. The van der Waals surface area contributed by atoms with Crippen LogP contribution in [0.5, 0.6) is 0 Å². The molecule has 0 aromatic carbocycles. The number of aliphatic hydroxyl groups is 3. The molecule has 6 nitrogen and oxygen atoms in total. The lowest BCUT2D eigenvalue weighted by molar-refractivity contribution is -0.158. The third-order valence-corrected chi connectivity index (χ3v) is 1.07. The van der Waals surface area contributed by atoms with Crippen molar-refractivity contribution in [3.63, 3.8) is 0 Å². The molecule has 0 amide bonds. The molecule has 0 saturated carbocycles. The minimum Gasteiger partial charge on any atom is -0.479 e. The lowest BCUT2D eigenvalue weighted by atomic mass is 10.1. The number of carboxylic acids is 1. The molecule has 3 atom stereocenters. The largest absolute Gasteiger partial charge is 0.479 e. The van der Waals surface area contributed by atoms with Gasteiger partial charge in [0.25, 0.3) is 0 Å².